The van der Waals surface area contributed by atoms with Gasteiger partial charge in [0, 0.05) is 5.75 Å². The van der Waals surface area contributed by atoms with Gasteiger partial charge in [-0.1, -0.05) is 26.8 Å². The quantitative estimate of drug-likeness (QED) is 0.550. The Morgan fingerprint density at radius 1 is 1.50 bits per heavy atom. The van der Waals surface area contributed by atoms with Gasteiger partial charge in [-0.25, -0.2) is 4.79 Å². The third kappa shape index (κ3) is 5.80. The summed E-state index contributed by atoms with van der Waals surface area (Å²) in [5, 5.41) is 11.5. The molecule has 0 saturated heterocycles. The first-order valence-electron chi connectivity index (χ1n) is 5.00. The molecule has 0 aliphatic heterocycles. The van der Waals surface area contributed by atoms with Crippen LogP contribution in [-0.2, 0) is 9.59 Å². The predicted octanol–water partition coefficient (Wildman–Crippen LogP) is 1.52. The molecule has 0 aromatic heterocycles. The van der Waals surface area contributed by atoms with E-state index in [0.717, 1.165) is 0 Å². The summed E-state index contributed by atoms with van der Waals surface area (Å²) in [5.74, 6) is -0.323. The van der Waals surface area contributed by atoms with Crippen LogP contribution in [0.5, 0.6) is 0 Å². The summed E-state index contributed by atoms with van der Waals surface area (Å²) in [6.45, 7) is 8.88. The number of thioether (sulfide) groups is 1. The van der Waals surface area contributed by atoms with Gasteiger partial charge in [0.2, 0.25) is 5.91 Å². The van der Waals surface area contributed by atoms with Gasteiger partial charge in [0.15, 0.2) is 0 Å². The highest BCUT2D eigenvalue weighted by Crippen LogP contribution is 2.19. The van der Waals surface area contributed by atoms with Gasteiger partial charge in [0.05, 0.1) is 5.75 Å². The van der Waals surface area contributed by atoms with Crippen molar-refractivity contribution in [1.82, 2.24) is 5.32 Å². The van der Waals surface area contributed by atoms with Crippen molar-refractivity contribution in [1.29, 1.82) is 0 Å². The highest BCUT2D eigenvalue weighted by atomic mass is 32.2. The third-order valence-corrected chi connectivity index (χ3v) is 2.82. The molecule has 0 aromatic carbocycles. The summed E-state index contributed by atoms with van der Waals surface area (Å²) in [7, 11) is 0. The fraction of sp³-hybridized carbons (Fsp3) is 0.636. The normalized spacial score (nSPS) is 12.9. The first kappa shape index (κ1) is 15.0. The Bertz CT molecular complexity index is 271. The van der Waals surface area contributed by atoms with Gasteiger partial charge >= 0.3 is 5.97 Å². The van der Waals surface area contributed by atoms with Crippen molar-refractivity contribution < 1.29 is 14.7 Å². The maximum absolute atomic E-state index is 11.4. The zero-order valence-electron chi connectivity index (χ0n) is 9.95. The number of carboxylic acid groups (broad SMARTS) is 1. The standard InChI is InChI=1S/C11H19NO3S/c1-5-6-16-7-8(13)12-9(10(14)15)11(2,3)4/h5,9H,1,6-7H2,2-4H3,(H,12,13)(H,14,15). The average molecular weight is 245 g/mol. The van der Waals surface area contributed by atoms with Gasteiger partial charge in [-0.2, -0.15) is 0 Å². The molecule has 0 spiro atoms. The first-order chi connectivity index (χ1) is 7.29. The van der Waals surface area contributed by atoms with Crippen LogP contribution in [0.15, 0.2) is 12.7 Å². The molecule has 4 nitrogen and oxygen atoms in total. The summed E-state index contributed by atoms with van der Waals surface area (Å²) in [6.07, 6.45) is 1.70. The van der Waals surface area contributed by atoms with E-state index in [2.05, 4.69) is 11.9 Å². The lowest BCUT2D eigenvalue weighted by atomic mass is 9.87. The van der Waals surface area contributed by atoms with Crippen molar-refractivity contribution in [2.75, 3.05) is 11.5 Å². The average Bonchev–Trinajstić information content (AvgIpc) is 2.12. The van der Waals surface area contributed by atoms with E-state index in [1.165, 1.54) is 11.8 Å². The van der Waals surface area contributed by atoms with Gasteiger partial charge in [-0.15, -0.1) is 18.3 Å². The molecular formula is C11H19NO3S. The molecule has 0 aromatic rings. The summed E-state index contributed by atoms with van der Waals surface area (Å²) in [6, 6.07) is -0.857. The zero-order valence-corrected chi connectivity index (χ0v) is 10.8. The van der Waals surface area contributed by atoms with E-state index in [-0.39, 0.29) is 11.7 Å². The van der Waals surface area contributed by atoms with Crippen LogP contribution in [0.25, 0.3) is 0 Å². The molecule has 0 aliphatic carbocycles. The second kappa shape index (κ2) is 6.58. The fourth-order valence-corrected chi connectivity index (χ4v) is 1.64. The van der Waals surface area contributed by atoms with Crippen LogP contribution in [0, 0.1) is 5.41 Å². The van der Waals surface area contributed by atoms with E-state index < -0.39 is 17.4 Å². The molecule has 0 fully saturated rings. The molecule has 0 radical (unpaired) electrons. The molecule has 0 heterocycles. The van der Waals surface area contributed by atoms with Gasteiger partial charge < -0.3 is 10.4 Å². The fourth-order valence-electron chi connectivity index (χ4n) is 1.09. The maximum atomic E-state index is 11.4. The van der Waals surface area contributed by atoms with Crippen molar-refractivity contribution in [2.45, 2.75) is 26.8 Å². The molecule has 1 atom stereocenters. The molecule has 92 valence electrons. The molecule has 16 heavy (non-hydrogen) atoms. The van der Waals surface area contributed by atoms with Gasteiger partial charge in [-0.05, 0) is 5.41 Å². The lowest BCUT2D eigenvalue weighted by molar-refractivity contribution is -0.144. The number of aliphatic carboxylic acids is 1. The van der Waals surface area contributed by atoms with E-state index in [1.54, 1.807) is 26.8 Å². The number of carbonyl (C=O) groups is 2. The van der Waals surface area contributed by atoms with Crippen LogP contribution >= 0.6 is 11.8 Å². The number of amides is 1. The molecule has 1 amide bonds. The molecular weight excluding hydrogens is 226 g/mol. The number of hydrogen-bond donors (Lipinski definition) is 2. The Labute approximate surface area is 100 Å². The number of hydrogen-bond acceptors (Lipinski definition) is 3. The number of rotatable bonds is 6. The minimum Gasteiger partial charge on any atom is -0.480 e. The summed E-state index contributed by atoms with van der Waals surface area (Å²) < 4.78 is 0. The van der Waals surface area contributed by atoms with E-state index in [9.17, 15) is 9.59 Å². The highest BCUT2D eigenvalue weighted by Gasteiger charge is 2.32. The minimum atomic E-state index is -1.01. The second-order valence-electron chi connectivity index (χ2n) is 4.51. The summed E-state index contributed by atoms with van der Waals surface area (Å²) in [4.78, 5) is 22.4. The van der Waals surface area contributed by atoms with Gasteiger partial charge in [-0.3, -0.25) is 4.79 Å². The van der Waals surface area contributed by atoms with Crippen LogP contribution in [-0.4, -0.2) is 34.5 Å². The lowest BCUT2D eigenvalue weighted by Crippen LogP contribution is -2.49. The van der Waals surface area contributed by atoms with Crippen molar-refractivity contribution >= 4 is 23.6 Å². The van der Waals surface area contributed by atoms with E-state index in [4.69, 9.17) is 5.11 Å². The predicted molar refractivity (Wildman–Crippen MR) is 66.5 cm³/mol. The SMILES string of the molecule is C=CCSCC(=O)NC(C(=O)O)C(C)(C)C. The number of carboxylic acids is 1. The monoisotopic (exact) mass is 245 g/mol. The van der Waals surface area contributed by atoms with Crippen molar-refractivity contribution in [3.8, 4) is 0 Å². The smallest absolute Gasteiger partial charge is 0.326 e. The van der Waals surface area contributed by atoms with Crippen LogP contribution in [0.3, 0.4) is 0 Å². The van der Waals surface area contributed by atoms with Crippen molar-refractivity contribution in [3.05, 3.63) is 12.7 Å². The number of nitrogens with one attached hydrogen (secondary N) is 1. The van der Waals surface area contributed by atoms with Gasteiger partial charge in [0.1, 0.15) is 6.04 Å². The third-order valence-electron chi connectivity index (χ3n) is 1.89. The molecule has 0 rings (SSSR count). The van der Waals surface area contributed by atoms with E-state index in [0.29, 0.717) is 5.75 Å². The Balaban J connectivity index is 4.25. The Hall–Kier alpha value is -0.970. The Morgan fingerprint density at radius 3 is 2.44 bits per heavy atom. The molecule has 2 N–H and O–H groups in total. The van der Waals surface area contributed by atoms with Crippen molar-refractivity contribution in [2.24, 2.45) is 5.41 Å². The molecule has 0 aliphatic rings. The van der Waals surface area contributed by atoms with E-state index >= 15 is 0 Å². The molecule has 0 saturated carbocycles. The van der Waals surface area contributed by atoms with Crippen molar-refractivity contribution in [3.63, 3.8) is 0 Å². The van der Waals surface area contributed by atoms with Crippen LogP contribution in [0.2, 0.25) is 0 Å². The zero-order chi connectivity index (χ0) is 12.8. The van der Waals surface area contributed by atoms with E-state index in [1.807, 2.05) is 0 Å². The van der Waals surface area contributed by atoms with Gasteiger partial charge in [0.25, 0.3) is 0 Å². The van der Waals surface area contributed by atoms with Crippen LogP contribution < -0.4 is 5.32 Å². The highest BCUT2D eigenvalue weighted by molar-refractivity contribution is 8.00. The lowest BCUT2D eigenvalue weighted by Gasteiger charge is -2.27. The summed E-state index contributed by atoms with van der Waals surface area (Å²) >= 11 is 1.40. The number of carbonyl (C=O) groups excluding carboxylic acids is 1. The molecule has 0 bridgehead atoms. The molecule has 5 heteroatoms. The second-order valence-corrected chi connectivity index (χ2v) is 5.54. The minimum absolute atomic E-state index is 0.255. The first-order valence-corrected chi connectivity index (χ1v) is 6.15. The van der Waals surface area contributed by atoms with Crippen LogP contribution in [0.1, 0.15) is 20.8 Å². The topological polar surface area (TPSA) is 66.4 Å². The Morgan fingerprint density at radius 2 is 2.06 bits per heavy atom. The maximum Gasteiger partial charge on any atom is 0.326 e. The largest absolute Gasteiger partial charge is 0.480 e. The molecule has 1 unspecified atom stereocenters. The van der Waals surface area contributed by atoms with Crippen LogP contribution in [0.4, 0.5) is 0 Å². The Kier molecular flexibility index (Phi) is 6.18. The summed E-state index contributed by atoms with van der Waals surface area (Å²) in [5.41, 5.74) is -0.495.